The summed E-state index contributed by atoms with van der Waals surface area (Å²) in [6.45, 7) is 4.65. The zero-order valence-corrected chi connectivity index (χ0v) is 17.0. The molecule has 8 nitrogen and oxygen atoms in total. The molecule has 0 bridgehead atoms. The first-order chi connectivity index (χ1) is 13.4. The van der Waals surface area contributed by atoms with Gasteiger partial charge in [0, 0.05) is 37.3 Å². The fourth-order valence-corrected chi connectivity index (χ4v) is 4.28. The SMILES string of the molecule is COC(C)(C)C(=O)N1CCOC(c2c(C(=O)NCCO)sc3ncccc23)C1. The minimum absolute atomic E-state index is 0.118. The van der Waals surface area contributed by atoms with Crippen molar-refractivity contribution in [3.8, 4) is 0 Å². The number of aliphatic hydroxyl groups is 1. The van der Waals surface area contributed by atoms with Gasteiger partial charge in [0.1, 0.15) is 21.4 Å². The normalized spacial score (nSPS) is 17.7. The van der Waals surface area contributed by atoms with Crippen LogP contribution in [-0.2, 0) is 14.3 Å². The average molecular weight is 407 g/mol. The minimum Gasteiger partial charge on any atom is -0.395 e. The van der Waals surface area contributed by atoms with E-state index >= 15 is 0 Å². The van der Waals surface area contributed by atoms with Crippen molar-refractivity contribution in [3.05, 3.63) is 28.8 Å². The molecule has 3 heterocycles. The number of morpholine rings is 1. The van der Waals surface area contributed by atoms with Crippen molar-refractivity contribution in [1.82, 2.24) is 15.2 Å². The van der Waals surface area contributed by atoms with E-state index in [2.05, 4.69) is 10.3 Å². The highest BCUT2D eigenvalue weighted by Gasteiger charge is 2.37. The molecular weight excluding hydrogens is 382 g/mol. The number of fused-ring (bicyclic) bond motifs is 1. The maximum atomic E-state index is 12.8. The number of hydrogen-bond acceptors (Lipinski definition) is 7. The fourth-order valence-electron chi connectivity index (χ4n) is 3.17. The van der Waals surface area contributed by atoms with Crippen molar-refractivity contribution >= 4 is 33.4 Å². The van der Waals surface area contributed by atoms with E-state index in [0.717, 1.165) is 15.8 Å². The Kier molecular flexibility index (Phi) is 6.29. The second-order valence-electron chi connectivity index (χ2n) is 7.01. The van der Waals surface area contributed by atoms with Crippen molar-refractivity contribution in [2.75, 3.05) is 40.0 Å². The standard InChI is InChI=1S/C19H25N3O5S/c1-19(2,26-3)18(25)22-8-10-27-13(11-22)14-12-5-4-6-21-17(12)28-15(14)16(24)20-7-9-23/h4-6,13,23H,7-11H2,1-3H3,(H,20,24). The van der Waals surface area contributed by atoms with Gasteiger partial charge in [-0.05, 0) is 19.9 Å². The highest BCUT2D eigenvalue weighted by atomic mass is 32.1. The van der Waals surface area contributed by atoms with Gasteiger partial charge >= 0.3 is 0 Å². The Labute approximate surface area is 167 Å². The Morgan fingerprint density at radius 1 is 1.50 bits per heavy atom. The predicted octanol–water partition coefficient (Wildman–Crippen LogP) is 1.34. The van der Waals surface area contributed by atoms with Gasteiger partial charge in [0.25, 0.3) is 11.8 Å². The monoisotopic (exact) mass is 407 g/mol. The van der Waals surface area contributed by atoms with Gasteiger partial charge in [0.05, 0.1) is 19.8 Å². The summed E-state index contributed by atoms with van der Waals surface area (Å²) in [4.78, 5) is 32.8. The number of carbonyl (C=O) groups excluding carboxylic acids is 2. The predicted molar refractivity (Wildman–Crippen MR) is 105 cm³/mol. The molecule has 152 valence electrons. The third-order valence-electron chi connectivity index (χ3n) is 4.81. The van der Waals surface area contributed by atoms with Crippen LogP contribution in [0.2, 0.25) is 0 Å². The second-order valence-corrected chi connectivity index (χ2v) is 8.00. The highest BCUT2D eigenvalue weighted by molar-refractivity contribution is 7.20. The van der Waals surface area contributed by atoms with Crippen molar-refractivity contribution < 1.29 is 24.2 Å². The van der Waals surface area contributed by atoms with Gasteiger partial charge in [-0.1, -0.05) is 6.07 Å². The van der Waals surface area contributed by atoms with Crippen LogP contribution in [0.4, 0.5) is 0 Å². The molecule has 3 rings (SSSR count). The van der Waals surface area contributed by atoms with Gasteiger partial charge in [0.15, 0.2) is 0 Å². The van der Waals surface area contributed by atoms with Gasteiger partial charge < -0.3 is 24.8 Å². The van der Waals surface area contributed by atoms with Crippen molar-refractivity contribution in [2.45, 2.75) is 25.6 Å². The van der Waals surface area contributed by atoms with E-state index in [9.17, 15) is 9.59 Å². The lowest BCUT2D eigenvalue weighted by Gasteiger charge is -2.37. The summed E-state index contributed by atoms with van der Waals surface area (Å²) in [6, 6.07) is 3.72. The second kappa shape index (κ2) is 8.52. The van der Waals surface area contributed by atoms with Crippen LogP contribution in [0.1, 0.15) is 35.2 Å². The summed E-state index contributed by atoms with van der Waals surface area (Å²) in [5.41, 5.74) is -0.196. The molecule has 0 aromatic carbocycles. The number of ether oxygens (including phenoxy) is 2. The topological polar surface area (TPSA) is 101 Å². The number of thiophene rings is 1. The fraction of sp³-hybridized carbons (Fsp3) is 0.526. The van der Waals surface area contributed by atoms with Crippen molar-refractivity contribution in [1.29, 1.82) is 0 Å². The van der Waals surface area contributed by atoms with Crippen LogP contribution in [-0.4, -0.2) is 72.4 Å². The van der Waals surface area contributed by atoms with E-state index < -0.39 is 11.7 Å². The third kappa shape index (κ3) is 4.02. The maximum Gasteiger partial charge on any atom is 0.261 e. The molecule has 9 heteroatoms. The van der Waals surface area contributed by atoms with Crippen LogP contribution in [0.3, 0.4) is 0 Å². The molecule has 0 saturated carbocycles. The Morgan fingerprint density at radius 3 is 3.00 bits per heavy atom. The lowest BCUT2D eigenvalue weighted by atomic mass is 10.0. The Balaban J connectivity index is 1.95. The molecule has 2 amide bonds. The van der Waals surface area contributed by atoms with Gasteiger partial charge in [0.2, 0.25) is 0 Å². The van der Waals surface area contributed by atoms with E-state index in [0.29, 0.717) is 24.6 Å². The molecule has 1 aliphatic rings. The van der Waals surface area contributed by atoms with Crippen LogP contribution < -0.4 is 5.32 Å². The van der Waals surface area contributed by atoms with Crippen LogP contribution in [0.5, 0.6) is 0 Å². The smallest absolute Gasteiger partial charge is 0.261 e. The minimum atomic E-state index is -0.929. The molecule has 0 radical (unpaired) electrons. The summed E-state index contributed by atoms with van der Waals surface area (Å²) < 4.78 is 11.3. The number of pyridine rings is 1. The highest BCUT2D eigenvalue weighted by Crippen LogP contribution is 2.37. The van der Waals surface area contributed by atoms with Crippen molar-refractivity contribution in [3.63, 3.8) is 0 Å². The largest absolute Gasteiger partial charge is 0.395 e. The first-order valence-electron chi connectivity index (χ1n) is 9.11. The van der Waals surface area contributed by atoms with Crippen LogP contribution in [0.15, 0.2) is 18.3 Å². The molecule has 1 aliphatic heterocycles. The number of carbonyl (C=O) groups is 2. The molecular formula is C19H25N3O5S. The van der Waals surface area contributed by atoms with Crippen LogP contribution in [0, 0.1) is 0 Å². The van der Waals surface area contributed by atoms with Crippen molar-refractivity contribution in [2.24, 2.45) is 0 Å². The Morgan fingerprint density at radius 2 is 2.29 bits per heavy atom. The van der Waals surface area contributed by atoms with Gasteiger partial charge in [-0.3, -0.25) is 9.59 Å². The van der Waals surface area contributed by atoms with E-state index in [1.54, 1.807) is 24.9 Å². The molecule has 2 N–H and O–H groups in total. The lowest BCUT2D eigenvalue weighted by molar-refractivity contribution is -0.158. The third-order valence-corrected chi connectivity index (χ3v) is 5.94. The number of nitrogens with zero attached hydrogens (tertiary/aromatic N) is 2. The average Bonchev–Trinajstić information content (AvgIpc) is 3.11. The quantitative estimate of drug-likeness (QED) is 0.750. The lowest BCUT2D eigenvalue weighted by Crippen LogP contribution is -2.51. The first kappa shape index (κ1) is 20.7. The van der Waals surface area contributed by atoms with E-state index in [4.69, 9.17) is 14.6 Å². The molecule has 28 heavy (non-hydrogen) atoms. The van der Waals surface area contributed by atoms with E-state index in [1.165, 1.54) is 18.4 Å². The number of methoxy groups -OCH3 is 1. The molecule has 1 saturated heterocycles. The zero-order chi connectivity index (χ0) is 20.3. The zero-order valence-electron chi connectivity index (χ0n) is 16.2. The first-order valence-corrected chi connectivity index (χ1v) is 9.93. The van der Waals surface area contributed by atoms with E-state index in [-0.39, 0.29) is 25.0 Å². The molecule has 1 unspecified atom stereocenters. The Hall–Kier alpha value is -2.07. The Bertz CT molecular complexity index is 866. The van der Waals surface area contributed by atoms with Gasteiger partial charge in [-0.15, -0.1) is 11.3 Å². The van der Waals surface area contributed by atoms with Gasteiger partial charge in [-0.2, -0.15) is 0 Å². The van der Waals surface area contributed by atoms with E-state index in [1.807, 2.05) is 12.1 Å². The number of aromatic nitrogens is 1. The summed E-state index contributed by atoms with van der Waals surface area (Å²) >= 11 is 1.28. The number of rotatable bonds is 6. The molecule has 2 aromatic rings. The number of amides is 2. The number of hydrogen-bond donors (Lipinski definition) is 2. The molecule has 1 fully saturated rings. The molecule has 2 aromatic heterocycles. The summed E-state index contributed by atoms with van der Waals surface area (Å²) in [7, 11) is 1.51. The van der Waals surface area contributed by atoms with Crippen LogP contribution >= 0.6 is 11.3 Å². The number of nitrogens with one attached hydrogen (secondary N) is 1. The summed E-state index contributed by atoms with van der Waals surface area (Å²) in [5, 5.41) is 12.5. The molecule has 0 aliphatic carbocycles. The number of aliphatic hydroxyl groups excluding tert-OH is 1. The van der Waals surface area contributed by atoms with Gasteiger partial charge in [-0.25, -0.2) is 4.98 Å². The summed E-state index contributed by atoms with van der Waals surface area (Å²) in [6.07, 6.45) is 1.23. The summed E-state index contributed by atoms with van der Waals surface area (Å²) in [5.74, 6) is -0.399. The van der Waals surface area contributed by atoms with Crippen LogP contribution in [0.25, 0.3) is 10.2 Å². The maximum absolute atomic E-state index is 12.8. The molecule has 0 spiro atoms. The molecule has 1 atom stereocenters.